The van der Waals surface area contributed by atoms with Gasteiger partial charge in [0.05, 0.1) is 32.0 Å². The van der Waals surface area contributed by atoms with Crippen molar-refractivity contribution in [3.8, 4) is 0 Å². The Kier molecular flexibility index (Phi) is 4.88. The first kappa shape index (κ1) is 16.8. The third-order valence-electron chi connectivity index (χ3n) is 5.41. The molecular formula is C20H26N2O3. The molecule has 2 aromatic heterocycles. The molecule has 4 rings (SSSR count). The van der Waals surface area contributed by atoms with E-state index in [4.69, 9.17) is 13.9 Å². The molecule has 0 bridgehead atoms. The first-order chi connectivity index (χ1) is 12.2. The highest BCUT2D eigenvalue weighted by Crippen LogP contribution is 2.33. The van der Waals surface area contributed by atoms with Crippen LogP contribution in [0.15, 0.2) is 35.0 Å². The molecule has 134 valence electrons. The zero-order valence-electron chi connectivity index (χ0n) is 15.0. The number of hydrogen-bond donors (Lipinski definition) is 0. The van der Waals surface area contributed by atoms with Crippen LogP contribution in [0.3, 0.4) is 0 Å². The molecule has 3 heterocycles. The van der Waals surface area contributed by atoms with Crippen LogP contribution in [0.2, 0.25) is 0 Å². The summed E-state index contributed by atoms with van der Waals surface area (Å²) in [6.07, 6.45) is 6.12. The molecule has 0 N–H and O–H groups in total. The first-order valence-corrected chi connectivity index (χ1v) is 9.13. The van der Waals surface area contributed by atoms with Crippen molar-refractivity contribution in [1.29, 1.82) is 0 Å². The van der Waals surface area contributed by atoms with E-state index in [0.717, 1.165) is 49.6 Å². The lowest BCUT2D eigenvalue weighted by atomic mass is 10.1. The zero-order chi connectivity index (χ0) is 17.2. The number of ether oxygens (including phenoxy) is 2. The Labute approximate surface area is 148 Å². The molecule has 2 aliphatic rings. The number of fused-ring (bicyclic) bond motifs is 1. The van der Waals surface area contributed by atoms with Gasteiger partial charge in [0, 0.05) is 25.0 Å². The Bertz CT molecular complexity index is 681. The van der Waals surface area contributed by atoms with Crippen molar-refractivity contribution >= 4 is 0 Å². The highest BCUT2D eigenvalue weighted by Gasteiger charge is 2.43. The molecule has 2 aromatic rings. The van der Waals surface area contributed by atoms with E-state index < -0.39 is 0 Å². The van der Waals surface area contributed by atoms with Crippen LogP contribution < -0.4 is 0 Å². The molecule has 5 nitrogen and oxygen atoms in total. The van der Waals surface area contributed by atoms with Gasteiger partial charge in [0.25, 0.3) is 0 Å². The minimum absolute atomic E-state index is 0.155. The summed E-state index contributed by atoms with van der Waals surface area (Å²) in [7, 11) is 0. The SMILES string of the molecule is Cc1cc(CN2CCO[C@@H]3[C@H]2CC[C@H]3OCc2cccnc2)oc1C. The van der Waals surface area contributed by atoms with Gasteiger partial charge >= 0.3 is 0 Å². The smallest absolute Gasteiger partial charge is 0.118 e. The van der Waals surface area contributed by atoms with Crippen molar-refractivity contribution in [3.05, 3.63) is 53.2 Å². The summed E-state index contributed by atoms with van der Waals surface area (Å²) in [4.78, 5) is 6.65. The first-order valence-electron chi connectivity index (χ1n) is 9.13. The summed E-state index contributed by atoms with van der Waals surface area (Å²) in [6, 6.07) is 6.57. The molecule has 1 aliphatic heterocycles. The van der Waals surface area contributed by atoms with Crippen LogP contribution in [0.5, 0.6) is 0 Å². The van der Waals surface area contributed by atoms with E-state index in [1.807, 2.05) is 19.2 Å². The van der Waals surface area contributed by atoms with Crippen LogP contribution in [-0.4, -0.2) is 41.3 Å². The molecule has 25 heavy (non-hydrogen) atoms. The van der Waals surface area contributed by atoms with E-state index in [2.05, 4.69) is 28.9 Å². The largest absolute Gasteiger partial charge is 0.465 e. The molecule has 5 heteroatoms. The minimum Gasteiger partial charge on any atom is -0.465 e. The second-order valence-electron chi connectivity index (χ2n) is 7.11. The Morgan fingerprint density at radius 2 is 2.24 bits per heavy atom. The van der Waals surface area contributed by atoms with Gasteiger partial charge in [-0.2, -0.15) is 0 Å². The number of rotatable bonds is 5. The van der Waals surface area contributed by atoms with Gasteiger partial charge in [-0.05, 0) is 49.9 Å². The number of nitrogens with zero attached hydrogens (tertiary/aromatic N) is 2. The Balaban J connectivity index is 1.38. The molecule has 0 amide bonds. The maximum atomic E-state index is 6.17. The molecule has 0 radical (unpaired) electrons. The van der Waals surface area contributed by atoms with Crippen LogP contribution >= 0.6 is 0 Å². The van der Waals surface area contributed by atoms with E-state index >= 15 is 0 Å². The maximum Gasteiger partial charge on any atom is 0.118 e. The van der Waals surface area contributed by atoms with Crippen molar-refractivity contribution in [3.63, 3.8) is 0 Å². The highest BCUT2D eigenvalue weighted by molar-refractivity contribution is 5.19. The number of pyridine rings is 1. The van der Waals surface area contributed by atoms with Gasteiger partial charge in [-0.1, -0.05) is 6.07 Å². The summed E-state index contributed by atoms with van der Waals surface area (Å²) in [5.74, 6) is 2.07. The van der Waals surface area contributed by atoms with Gasteiger partial charge in [-0.3, -0.25) is 9.88 Å². The third kappa shape index (κ3) is 3.64. The fraction of sp³-hybridized carbons (Fsp3) is 0.550. The molecular weight excluding hydrogens is 316 g/mol. The average molecular weight is 342 g/mol. The zero-order valence-corrected chi connectivity index (χ0v) is 15.0. The average Bonchev–Trinajstić information content (AvgIpc) is 3.18. The number of aryl methyl sites for hydroxylation is 2. The predicted molar refractivity (Wildman–Crippen MR) is 94.2 cm³/mol. The van der Waals surface area contributed by atoms with Gasteiger partial charge in [0.15, 0.2) is 0 Å². The standard InChI is InChI=1S/C20H26N2O3/c1-14-10-17(25-15(14)2)12-22-8-9-23-20-18(22)5-6-19(20)24-13-16-4-3-7-21-11-16/h3-4,7,10-11,18-20H,5-6,8-9,12-13H2,1-2H3/t18-,19-,20-/m1/s1. The van der Waals surface area contributed by atoms with Crippen LogP contribution in [0.25, 0.3) is 0 Å². The summed E-state index contributed by atoms with van der Waals surface area (Å²) in [5.41, 5.74) is 2.34. The second-order valence-corrected chi connectivity index (χ2v) is 7.11. The van der Waals surface area contributed by atoms with Crippen molar-refractivity contribution in [2.75, 3.05) is 13.2 Å². The van der Waals surface area contributed by atoms with Crippen molar-refractivity contribution < 1.29 is 13.9 Å². The van der Waals surface area contributed by atoms with Crippen LogP contribution in [0, 0.1) is 13.8 Å². The summed E-state index contributed by atoms with van der Waals surface area (Å²) >= 11 is 0. The maximum absolute atomic E-state index is 6.17. The normalized spacial score (nSPS) is 26.7. The molecule has 0 unspecified atom stereocenters. The third-order valence-corrected chi connectivity index (χ3v) is 5.41. The number of aromatic nitrogens is 1. The summed E-state index contributed by atoms with van der Waals surface area (Å²) in [5, 5.41) is 0. The molecule has 3 atom stereocenters. The van der Waals surface area contributed by atoms with Crippen molar-refractivity contribution in [2.24, 2.45) is 0 Å². The number of hydrogen-bond acceptors (Lipinski definition) is 5. The van der Waals surface area contributed by atoms with Gasteiger partial charge < -0.3 is 13.9 Å². The monoisotopic (exact) mass is 342 g/mol. The molecule has 2 fully saturated rings. The minimum atomic E-state index is 0.155. The van der Waals surface area contributed by atoms with Crippen molar-refractivity contribution in [2.45, 2.75) is 58.1 Å². The Morgan fingerprint density at radius 1 is 1.32 bits per heavy atom. The lowest BCUT2D eigenvalue weighted by Crippen LogP contribution is -2.51. The van der Waals surface area contributed by atoms with Crippen LogP contribution in [0.4, 0.5) is 0 Å². The Morgan fingerprint density at radius 3 is 3.00 bits per heavy atom. The fourth-order valence-corrected chi connectivity index (χ4v) is 3.98. The van der Waals surface area contributed by atoms with Gasteiger partial charge in [-0.15, -0.1) is 0 Å². The number of furan rings is 1. The summed E-state index contributed by atoms with van der Waals surface area (Å²) < 4.78 is 18.1. The van der Waals surface area contributed by atoms with E-state index in [1.165, 1.54) is 5.56 Å². The van der Waals surface area contributed by atoms with Crippen LogP contribution in [-0.2, 0) is 22.6 Å². The second kappa shape index (κ2) is 7.28. The highest BCUT2D eigenvalue weighted by atomic mass is 16.5. The lowest BCUT2D eigenvalue weighted by Gasteiger charge is -2.38. The van der Waals surface area contributed by atoms with E-state index in [9.17, 15) is 0 Å². The topological polar surface area (TPSA) is 47.7 Å². The quantitative estimate of drug-likeness (QED) is 0.835. The molecule has 0 aromatic carbocycles. The fourth-order valence-electron chi connectivity index (χ4n) is 3.98. The summed E-state index contributed by atoms with van der Waals surface area (Å²) in [6.45, 7) is 7.29. The van der Waals surface area contributed by atoms with Gasteiger partial charge in [-0.25, -0.2) is 0 Å². The number of morpholine rings is 1. The molecule has 1 aliphatic carbocycles. The van der Waals surface area contributed by atoms with E-state index in [1.54, 1.807) is 6.20 Å². The predicted octanol–water partition coefficient (Wildman–Crippen LogP) is 3.24. The molecule has 0 spiro atoms. The van der Waals surface area contributed by atoms with Crippen LogP contribution in [0.1, 0.15) is 35.5 Å². The lowest BCUT2D eigenvalue weighted by molar-refractivity contribution is -0.119. The Hall–Kier alpha value is -1.69. The van der Waals surface area contributed by atoms with E-state index in [-0.39, 0.29) is 12.2 Å². The molecule has 1 saturated carbocycles. The van der Waals surface area contributed by atoms with E-state index in [0.29, 0.717) is 12.6 Å². The molecule has 1 saturated heterocycles. The van der Waals surface area contributed by atoms with Crippen molar-refractivity contribution in [1.82, 2.24) is 9.88 Å². The van der Waals surface area contributed by atoms with Gasteiger partial charge in [0.2, 0.25) is 0 Å². The van der Waals surface area contributed by atoms with Gasteiger partial charge in [0.1, 0.15) is 11.5 Å².